The van der Waals surface area contributed by atoms with Crippen molar-refractivity contribution in [3.8, 4) is 0 Å². The van der Waals surface area contributed by atoms with Crippen LogP contribution in [-0.2, 0) is 15.7 Å². The van der Waals surface area contributed by atoms with Gasteiger partial charge in [0.15, 0.2) is 14.7 Å². The molecule has 0 N–H and O–H groups in total. The van der Waals surface area contributed by atoms with Crippen molar-refractivity contribution in [1.29, 1.82) is 0 Å². The molecule has 0 bridgehead atoms. The van der Waals surface area contributed by atoms with Crippen LogP contribution in [0.5, 0.6) is 0 Å². The molecule has 2 nitrogen and oxygen atoms in total. The Hall–Kier alpha value is -1.56. The summed E-state index contributed by atoms with van der Waals surface area (Å²) >= 11 is 7.03. The molecule has 0 aliphatic rings. The van der Waals surface area contributed by atoms with Crippen LogP contribution in [0.3, 0.4) is 0 Å². The molecule has 3 aromatic rings. The molecule has 0 spiro atoms. The summed E-state index contributed by atoms with van der Waals surface area (Å²) < 4.78 is 2.22. The molecule has 26 heavy (non-hydrogen) atoms. The minimum atomic E-state index is -0.995. The van der Waals surface area contributed by atoms with E-state index in [1.54, 1.807) is 0 Å². The first-order chi connectivity index (χ1) is 12.5. The van der Waals surface area contributed by atoms with Crippen LogP contribution in [0.4, 0.5) is 0 Å². The fourth-order valence-corrected chi connectivity index (χ4v) is 4.70. The van der Waals surface area contributed by atoms with Gasteiger partial charge in [-0.3, -0.25) is 0 Å². The van der Waals surface area contributed by atoms with Crippen molar-refractivity contribution in [2.45, 2.75) is 28.0 Å². The smallest absolute Gasteiger partial charge is 0.166 e. The van der Waals surface area contributed by atoms with Crippen LogP contribution in [0, 0.1) is 0 Å². The van der Waals surface area contributed by atoms with Crippen LogP contribution in [0.2, 0.25) is 0 Å². The second kappa shape index (κ2) is 10.6. The second-order valence-electron chi connectivity index (χ2n) is 5.25. The molecule has 0 unspecified atom stereocenters. The van der Waals surface area contributed by atoms with E-state index in [4.69, 9.17) is 0 Å². The summed E-state index contributed by atoms with van der Waals surface area (Å²) in [7, 11) is -0.0728. The van der Waals surface area contributed by atoms with E-state index in [0.717, 1.165) is 8.95 Å². The van der Waals surface area contributed by atoms with Gasteiger partial charge in [-0.2, -0.15) is 0 Å². The molecule has 0 saturated carbocycles. The number of carboxylic acids is 1. The zero-order valence-corrected chi connectivity index (χ0v) is 18.2. The van der Waals surface area contributed by atoms with E-state index in [1.807, 2.05) is 0 Å². The van der Waals surface area contributed by atoms with Crippen molar-refractivity contribution >= 4 is 48.7 Å². The van der Waals surface area contributed by atoms with Crippen LogP contribution in [-0.4, -0.2) is 5.97 Å². The van der Waals surface area contributed by atoms with Gasteiger partial charge in [-0.05, 0) is 67.1 Å². The molecule has 0 aromatic heterocycles. The fraction of sp³-hybridized carbons (Fsp3) is 0.0952. The Morgan fingerprint density at radius 2 is 1.12 bits per heavy atom. The van der Waals surface area contributed by atoms with E-state index in [9.17, 15) is 9.90 Å². The van der Waals surface area contributed by atoms with Gasteiger partial charge in [-0.1, -0.05) is 57.0 Å². The number of hydrogen-bond acceptors (Lipinski definition) is 2. The largest absolute Gasteiger partial charge is 0.550 e. The number of carbonyl (C=O) groups excluding carboxylic acids is 1. The lowest BCUT2D eigenvalue weighted by Crippen LogP contribution is -2.19. The molecule has 0 saturated heterocycles. The van der Waals surface area contributed by atoms with E-state index >= 15 is 0 Å². The third-order valence-corrected chi connectivity index (χ3v) is 6.65. The standard InChI is InChI=1S/C18H13Br2S.C3H6O2/c19-14-6-10-17(11-7-14)21(16-4-2-1-3-5-16)18-12-8-15(20)9-13-18;1-2-3(4)5/h1-13H;2H2,1H3,(H,4,5)/q+1;/p-1. The maximum Gasteiger partial charge on any atom is 0.166 e. The summed E-state index contributed by atoms with van der Waals surface area (Å²) in [4.78, 5) is 13.2. The van der Waals surface area contributed by atoms with Crippen LogP contribution in [0.15, 0.2) is 102 Å². The third-order valence-electron chi connectivity index (χ3n) is 3.37. The Kier molecular flexibility index (Phi) is 8.42. The highest BCUT2D eigenvalue weighted by Gasteiger charge is 2.28. The minimum Gasteiger partial charge on any atom is -0.550 e. The predicted octanol–water partition coefficient (Wildman–Crippen LogP) is 5.45. The zero-order valence-electron chi connectivity index (χ0n) is 14.2. The van der Waals surface area contributed by atoms with Gasteiger partial charge in [-0.25, -0.2) is 0 Å². The van der Waals surface area contributed by atoms with Crippen LogP contribution >= 0.6 is 31.9 Å². The van der Waals surface area contributed by atoms with Crippen molar-refractivity contribution < 1.29 is 9.90 Å². The van der Waals surface area contributed by atoms with E-state index in [1.165, 1.54) is 21.6 Å². The molecular weight excluding hydrogens is 476 g/mol. The topological polar surface area (TPSA) is 40.1 Å². The van der Waals surface area contributed by atoms with E-state index < -0.39 is 5.97 Å². The number of rotatable bonds is 4. The summed E-state index contributed by atoms with van der Waals surface area (Å²) in [6, 6.07) is 27.9. The van der Waals surface area contributed by atoms with Gasteiger partial charge in [0.25, 0.3) is 0 Å². The fourth-order valence-electron chi connectivity index (χ4n) is 2.11. The van der Waals surface area contributed by atoms with Gasteiger partial charge >= 0.3 is 0 Å². The Morgan fingerprint density at radius 1 is 0.769 bits per heavy atom. The zero-order chi connectivity index (χ0) is 18.9. The maximum absolute atomic E-state index is 9.26. The average molecular weight is 494 g/mol. The van der Waals surface area contributed by atoms with Gasteiger partial charge in [0.1, 0.15) is 0 Å². The molecular formula is C21H18Br2O2S. The van der Waals surface area contributed by atoms with Crippen LogP contribution < -0.4 is 5.11 Å². The molecule has 0 atom stereocenters. The normalized spacial score (nSPS) is 10.2. The van der Waals surface area contributed by atoms with Crippen molar-refractivity contribution in [3.05, 3.63) is 87.8 Å². The maximum atomic E-state index is 9.26. The van der Waals surface area contributed by atoms with Gasteiger partial charge in [0.2, 0.25) is 0 Å². The monoisotopic (exact) mass is 492 g/mol. The Bertz CT molecular complexity index is 773. The van der Waals surface area contributed by atoms with Gasteiger partial charge < -0.3 is 9.90 Å². The highest BCUT2D eigenvalue weighted by Crippen LogP contribution is 2.32. The molecule has 0 amide bonds. The van der Waals surface area contributed by atoms with Crippen molar-refractivity contribution in [2.24, 2.45) is 0 Å². The number of halogens is 2. The lowest BCUT2D eigenvalue weighted by Gasteiger charge is -2.08. The van der Waals surface area contributed by atoms with Gasteiger partial charge in [0, 0.05) is 14.9 Å². The number of benzene rings is 3. The quantitative estimate of drug-likeness (QED) is 0.453. The number of aliphatic carboxylic acids is 1. The first kappa shape index (κ1) is 20.7. The molecule has 0 aliphatic heterocycles. The summed E-state index contributed by atoms with van der Waals surface area (Å²) in [5.74, 6) is -0.995. The molecule has 0 heterocycles. The Balaban J connectivity index is 0.000000431. The Labute approximate surface area is 173 Å². The number of hydrogen-bond donors (Lipinski definition) is 0. The molecule has 3 aromatic carbocycles. The molecule has 0 radical (unpaired) electrons. The summed E-state index contributed by atoms with van der Waals surface area (Å²) in [6.45, 7) is 1.54. The van der Waals surface area contributed by atoms with Crippen LogP contribution in [0.1, 0.15) is 13.3 Å². The van der Waals surface area contributed by atoms with Crippen molar-refractivity contribution in [1.82, 2.24) is 0 Å². The first-order valence-corrected chi connectivity index (χ1v) is 10.8. The number of carbonyl (C=O) groups is 1. The predicted molar refractivity (Wildman–Crippen MR) is 112 cm³/mol. The highest BCUT2D eigenvalue weighted by molar-refractivity contribution is 9.10. The van der Waals surface area contributed by atoms with E-state index in [2.05, 4.69) is 111 Å². The van der Waals surface area contributed by atoms with Crippen molar-refractivity contribution in [3.63, 3.8) is 0 Å². The van der Waals surface area contributed by atoms with Gasteiger partial charge in [-0.15, -0.1) is 0 Å². The molecule has 3 rings (SSSR count). The molecule has 0 aliphatic carbocycles. The van der Waals surface area contributed by atoms with E-state index in [-0.39, 0.29) is 17.3 Å². The summed E-state index contributed by atoms with van der Waals surface area (Å²) in [6.07, 6.45) is 0.111. The average Bonchev–Trinajstić information content (AvgIpc) is 2.66. The number of carboxylic acid groups (broad SMARTS) is 1. The molecule has 134 valence electrons. The first-order valence-electron chi connectivity index (χ1n) is 8.01. The highest BCUT2D eigenvalue weighted by atomic mass is 79.9. The van der Waals surface area contributed by atoms with Crippen LogP contribution in [0.25, 0.3) is 0 Å². The van der Waals surface area contributed by atoms with E-state index in [0.29, 0.717) is 0 Å². The second-order valence-corrected chi connectivity index (χ2v) is 9.11. The minimum absolute atomic E-state index is 0.0728. The lowest BCUT2D eigenvalue weighted by molar-refractivity contribution is -0.305. The molecule has 0 fully saturated rings. The van der Waals surface area contributed by atoms with Crippen molar-refractivity contribution in [2.75, 3.05) is 0 Å². The molecule has 5 heteroatoms. The Morgan fingerprint density at radius 3 is 1.46 bits per heavy atom. The lowest BCUT2D eigenvalue weighted by atomic mass is 10.4. The summed E-state index contributed by atoms with van der Waals surface area (Å²) in [5, 5.41) is 9.26. The van der Waals surface area contributed by atoms with Gasteiger partial charge in [0.05, 0.1) is 10.9 Å². The summed E-state index contributed by atoms with van der Waals surface area (Å²) in [5.41, 5.74) is 0. The third kappa shape index (κ3) is 6.31. The SMILES string of the molecule is Brc1ccc([S+](c2ccccc2)c2ccc(Br)cc2)cc1.CCC(=O)[O-].